The van der Waals surface area contributed by atoms with Gasteiger partial charge in [-0.1, -0.05) is 0 Å². The zero-order valence-corrected chi connectivity index (χ0v) is 9.48. The molecule has 0 atom stereocenters. The molecule has 0 aliphatic rings. The lowest BCUT2D eigenvalue weighted by atomic mass is 10.3. The number of rotatable bonds is 9. The van der Waals surface area contributed by atoms with Crippen LogP contribution in [0.3, 0.4) is 0 Å². The standard InChI is InChI=1S/C10H20N2O3/c1-11(5-3-9-13)7-8-12(2)6-4-10(14)15/h9H,3-8H2,1-2H3,(H,14,15). The number of aliphatic carboxylic acids is 1. The molecule has 0 aliphatic carbocycles. The van der Waals surface area contributed by atoms with E-state index in [1.54, 1.807) is 0 Å². The van der Waals surface area contributed by atoms with Gasteiger partial charge < -0.3 is 19.7 Å². The summed E-state index contributed by atoms with van der Waals surface area (Å²) in [7, 11) is 3.85. The molecule has 0 rings (SSSR count). The van der Waals surface area contributed by atoms with E-state index in [-0.39, 0.29) is 6.42 Å². The maximum Gasteiger partial charge on any atom is 0.304 e. The van der Waals surface area contributed by atoms with Crippen molar-refractivity contribution in [1.82, 2.24) is 9.80 Å². The molecule has 1 N–H and O–H groups in total. The average Bonchev–Trinajstić information content (AvgIpc) is 2.20. The van der Waals surface area contributed by atoms with Crippen LogP contribution in [0.15, 0.2) is 0 Å². The third kappa shape index (κ3) is 9.37. The van der Waals surface area contributed by atoms with Gasteiger partial charge in [0.25, 0.3) is 0 Å². The Kier molecular flexibility index (Phi) is 7.85. The van der Waals surface area contributed by atoms with Gasteiger partial charge in [0.05, 0.1) is 6.42 Å². The molecule has 0 unspecified atom stereocenters. The number of carboxylic acid groups (broad SMARTS) is 1. The molecule has 5 heteroatoms. The van der Waals surface area contributed by atoms with E-state index >= 15 is 0 Å². The summed E-state index contributed by atoms with van der Waals surface area (Å²) in [6, 6.07) is 0. The first-order valence-corrected chi connectivity index (χ1v) is 5.08. The first kappa shape index (κ1) is 14.1. The molecule has 0 radical (unpaired) electrons. The summed E-state index contributed by atoms with van der Waals surface area (Å²) in [5.74, 6) is -0.767. The molecule has 88 valence electrons. The molecule has 0 spiro atoms. The van der Waals surface area contributed by atoms with Crippen molar-refractivity contribution in [3.8, 4) is 0 Å². The Morgan fingerprint density at radius 3 is 2.13 bits per heavy atom. The largest absolute Gasteiger partial charge is 0.481 e. The van der Waals surface area contributed by atoms with Gasteiger partial charge in [0, 0.05) is 32.6 Å². The highest BCUT2D eigenvalue weighted by Crippen LogP contribution is 1.90. The predicted octanol–water partition coefficient (Wildman–Crippen LogP) is -0.0863. The molecule has 5 nitrogen and oxygen atoms in total. The molecule has 0 aromatic rings. The van der Waals surface area contributed by atoms with Crippen molar-refractivity contribution in [2.45, 2.75) is 12.8 Å². The van der Waals surface area contributed by atoms with Crippen LogP contribution in [0.4, 0.5) is 0 Å². The summed E-state index contributed by atoms with van der Waals surface area (Å²) in [4.78, 5) is 24.5. The van der Waals surface area contributed by atoms with Gasteiger partial charge in [-0.3, -0.25) is 4.79 Å². The molecule has 0 heterocycles. The first-order chi connectivity index (χ1) is 7.06. The lowest BCUT2D eigenvalue weighted by Gasteiger charge is -2.20. The Bertz CT molecular complexity index is 197. The van der Waals surface area contributed by atoms with Gasteiger partial charge in [0.2, 0.25) is 0 Å². The Balaban J connectivity index is 3.47. The van der Waals surface area contributed by atoms with Gasteiger partial charge in [-0.15, -0.1) is 0 Å². The number of nitrogens with zero attached hydrogens (tertiary/aromatic N) is 2. The molecule has 0 saturated carbocycles. The summed E-state index contributed by atoms with van der Waals surface area (Å²) in [5.41, 5.74) is 0. The van der Waals surface area contributed by atoms with Crippen molar-refractivity contribution in [2.75, 3.05) is 40.3 Å². The molecule has 0 aliphatic heterocycles. The fourth-order valence-corrected chi connectivity index (χ4v) is 1.12. The van der Waals surface area contributed by atoms with Gasteiger partial charge in [-0.2, -0.15) is 0 Å². The molecule has 0 aromatic carbocycles. The van der Waals surface area contributed by atoms with Crippen LogP contribution in [0, 0.1) is 0 Å². The van der Waals surface area contributed by atoms with E-state index in [1.165, 1.54) is 0 Å². The molecule has 0 fully saturated rings. The van der Waals surface area contributed by atoms with Crippen molar-refractivity contribution >= 4 is 12.3 Å². The number of carboxylic acids is 1. The molecule has 0 amide bonds. The molecule has 0 bridgehead atoms. The number of carbonyl (C=O) groups excluding carboxylic acids is 1. The quantitative estimate of drug-likeness (QED) is 0.546. The SMILES string of the molecule is CN(CCC=O)CCN(C)CCC(=O)O. The molecular weight excluding hydrogens is 196 g/mol. The number of hydrogen-bond acceptors (Lipinski definition) is 4. The fraction of sp³-hybridized carbons (Fsp3) is 0.800. The third-order valence-electron chi connectivity index (χ3n) is 2.20. The van der Waals surface area contributed by atoms with Gasteiger partial charge in [-0.25, -0.2) is 0 Å². The van der Waals surface area contributed by atoms with Crippen LogP contribution in [-0.4, -0.2) is 67.4 Å². The van der Waals surface area contributed by atoms with E-state index in [0.29, 0.717) is 13.0 Å². The Labute approximate surface area is 90.7 Å². The van der Waals surface area contributed by atoms with Crippen LogP contribution >= 0.6 is 0 Å². The van der Waals surface area contributed by atoms with Crippen molar-refractivity contribution < 1.29 is 14.7 Å². The molecule has 15 heavy (non-hydrogen) atoms. The topological polar surface area (TPSA) is 60.9 Å². The maximum absolute atomic E-state index is 10.3. The summed E-state index contributed by atoms with van der Waals surface area (Å²) in [5, 5.41) is 8.48. The Morgan fingerprint density at radius 2 is 1.67 bits per heavy atom. The maximum atomic E-state index is 10.3. The van der Waals surface area contributed by atoms with E-state index in [4.69, 9.17) is 5.11 Å². The first-order valence-electron chi connectivity index (χ1n) is 5.08. The van der Waals surface area contributed by atoms with Crippen LogP contribution < -0.4 is 0 Å². The van der Waals surface area contributed by atoms with Crippen LogP contribution in [0.25, 0.3) is 0 Å². The second kappa shape index (κ2) is 8.38. The normalized spacial score (nSPS) is 10.9. The predicted molar refractivity (Wildman–Crippen MR) is 57.9 cm³/mol. The van der Waals surface area contributed by atoms with Crippen molar-refractivity contribution in [1.29, 1.82) is 0 Å². The second-order valence-corrected chi connectivity index (χ2v) is 3.71. The number of carbonyl (C=O) groups is 2. The highest BCUT2D eigenvalue weighted by Gasteiger charge is 2.04. The minimum absolute atomic E-state index is 0.175. The zero-order chi connectivity index (χ0) is 11.7. The number of aldehydes is 1. The second-order valence-electron chi connectivity index (χ2n) is 3.71. The van der Waals surface area contributed by atoms with Gasteiger partial charge in [0.1, 0.15) is 6.29 Å². The molecular formula is C10H20N2O3. The molecule has 0 aromatic heterocycles. The average molecular weight is 216 g/mol. The zero-order valence-electron chi connectivity index (χ0n) is 9.48. The monoisotopic (exact) mass is 216 g/mol. The highest BCUT2D eigenvalue weighted by molar-refractivity contribution is 5.66. The van der Waals surface area contributed by atoms with E-state index in [1.807, 2.05) is 19.0 Å². The van der Waals surface area contributed by atoms with E-state index < -0.39 is 5.97 Å². The van der Waals surface area contributed by atoms with Crippen molar-refractivity contribution in [2.24, 2.45) is 0 Å². The smallest absolute Gasteiger partial charge is 0.304 e. The minimum Gasteiger partial charge on any atom is -0.481 e. The van der Waals surface area contributed by atoms with E-state index in [9.17, 15) is 9.59 Å². The summed E-state index contributed by atoms with van der Waals surface area (Å²) < 4.78 is 0. The fourth-order valence-electron chi connectivity index (χ4n) is 1.12. The summed E-state index contributed by atoms with van der Waals surface area (Å²) in [6.07, 6.45) is 1.63. The van der Waals surface area contributed by atoms with Crippen LogP contribution in [-0.2, 0) is 9.59 Å². The van der Waals surface area contributed by atoms with Crippen LogP contribution in [0.1, 0.15) is 12.8 Å². The van der Waals surface area contributed by atoms with Crippen LogP contribution in [0.2, 0.25) is 0 Å². The molecule has 0 saturated heterocycles. The van der Waals surface area contributed by atoms with E-state index in [2.05, 4.69) is 4.90 Å². The lowest BCUT2D eigenvalue weighted by Crippen LogP contribution is -2.32. The van der Waals surface area contributed by atoms with Crippen molar-refractivity contribution in [3.05, 3.63) is 0 Å². The van der Waals surface area contributed by atoms with Gasteiger partial charge >= 0.3 is 5.97 Å². The lowest BCUT2D eigenvalue weighted by molar-refractivity contribution is -0.137. The Morgan fingerprint density at radius 1 is 1.13 bits per heavy atom. The van der Waals surface area contributed by atoms with Gasteiger partial charge in [-0.05, 0) is 14.1 Å². The number of likely N-dealkylation sites (N-methyl/N-ethyl adjacent to an activating group) is 2. The minimum atomic E-state index is -0.767. The van der Waals surface area contributed by atoms with Crippen molar-refractivity contribution in [3.63, 3.8) is 0 Å². The summed E-state index contributed by atoms with van der Waals surface area (Å²) >= 11 is 0. The third-order valence-corrected chi connectivity index (χ3v) is 2.20. The Hall–Kier alpha value is -0.940. The highest BCUT2D eigenvalue weighted by atomic mass is 16.4. The number of hydrogen-bond donors (Lipinski definition) is 1. The van der Waals surface area contributed by atoms with E-state index in [0.717, 1.165) is 25.9 Å². The van der Waals surface area contributed by atoms with Gasteiger partial charge in [0.15, 0.2) is 0 Å². The summed E-state index contributed by atoms with van der Waals surface area (Å²) in [6.45, 7) is 3.00. The van der Waals surface area contributed by atoms with Crippen LogP contribution in [0.5, 0.6) is 0 Å².